The molecule has 0 aliphatic carbocycles. The first-order chi connectivity index (χ1) is 21.7. The van der Waals surface area contributed by atoms with Crippen LogP contribution in [0.4, 0.5) is 34.1 Å². The summed E-state index contributed by atoms with van der Waals surface area (Å²) < 4.78 is 0. The molecule has 0 N–H and O–H groups in total. The van der Waals surface area contributed by atoms with Gasteiger partial charge in [-0.25, -0.2) is 0 Å². The molecule has 210 valence electrons. The number of hydrogen-bond donors (Lipinski definition) is 0. The Balaban J connectivity index is 1.56. The summed E-state index contributed by atoms with van der Waals surface area (Å²) in [6.07, 6.45) is 0. The van der Waals surface area contributed by atoms with E-state index in [1.165, 1.54) is 54.8 Å². The third kappa shape index (κ3) is 4.19. The van der Waals surface area contributed by atoms with Gasteiger partial charge in [-0.15, -0.1) is 0 Å². The van der Waals surface area contributed by atoms with Crippen LogP contribution in [-0.2, 0) is 0 Å². The Morgan fingerprint density at radius 1 is 0.341 bits per heavy atom. The Hall–Kier alpha value is -5.60. The van der Waals surface area contributed by atoms with Gasteiger partial charge in [-0.05, 0) is 83.6 Å². The van der Waals surface area contributed by atoms with Gasteiger partial charge in [-0.1, -0.05) is 115 Å². The van der Waals surface area contributed by atoms with Crippen molar-refractivity contribution < 1.29 is 0 Å². The van der Waals surface area contributed by atoms with E-state index in [1.54, 1.807) is 0 Å². The van der Waals surface area contributed by atoms with Crippen LogP contribution in [0.15, 0.2) is 158 Å². The molecule has 0 saturated carbocycles. The molecule has 0 aliphatic heterocycles. The summed E-state index contributed by atoms with van der Waals surface area (Å²) in [5.74, 6) is 0. The highest BCUT2D eigenvalue weighted by Crippen LogP contribution is 2.50. The maximum atomic E-state index is 2.44. The standard InChI is InChI=1S/C42H32N2/c1-29-14-9-11-22-37(29)43(33-18-5-3-6-19-33)39-28-40(44(34-20-7-4-8-21-34)38-23-12-10-15-30(38)2)36-27-25-32-17-13-16-31-24-26-35(39)42(36)41(31)32/h3-28H,1-2H3. The average molecular weight is 565 g/mol. The summed E-state index contributed by atoms with van der Waals surface area (Å²) in [6, 6.07) is 57.1. The summed E-state index contributed by atoms with van der Waals surface area (Å²) in [5.41, 5.74) is 9.35. The molecule has 2 heteroatoms. The van der Waals surface area contributed by atoms with Gasteiger partial charge >= 0.3 is 0 Å². The number of para-hydroxylation sites is 4. The summed E-state index contributed by atoms with van der Waals surface area (Å²) in [4.78, 5) is 4.87. The lowest BCUT2D eigenvalue weighted by molar-refractivity contribution is 1.24. The van der Waals surface area contributed by atoms with E-state index >= 15 is 0 Å². The summed E-state index contributed by atoms with van der Waals surface area (Å²) >= 11 is 0. The predicted octanol–water partition coefficient (Wildman–Crippen LogP) is 12.1. The first-order valence-electron chi connectivity index (χ1n) is 15.2. The van der Waals surface area contributed by atoms with Gasteiger partial charge in [0.25, 0.3) is 0 Å². The lowest BCUT2D eigenvalue weighted by atomic mass is 9.91. The molecule has 0 atom stereocenters. The number of anilines is 6. The normalized spacial score (nSPS) is 11.4. The molecule has 2 nitrogen and oxygen atoms in total. The molecular weight excluding hydrogens is 532 g/mol. The van der Waals surface area contributed by atoms with Crippen LogP contribution >= 0.6 is 0 Å². The molecule has 0 bridgehead atoms. The zero-order valence-electron chi connectivity index (χ0n) is 24.9. The summed E-state index contributed by atoms with van der Waals surface area (Å²) in [7, 11) is 0. The van der Waals surface area contributed by atoms with E-state index in [9.17, 15) is 0 Å². The Labute approximate surface area is 258 Å². The van der Waals surface area contributed by atoms with Crippen molar-refractivity contribution in [1.29, 1.82) is 0 Å². The van der Waals surface area contributed by atoms with Crippen LogP contribution in [0.1, 0.15) is 11.1 Å². The molecule has 0 saturated heterocycles. The maximum Gasteiger partial charge on any atom is 0.0561 e. The van der Waals surface area contributed by atoms with Crippen LogP contribution in [0.2, 0.25) is 0 Å². The van der Waals surface area contributed by atoms with Gasteiger partial charge in [-0.3, -0.25) is 0 Å². The third-order valence-electron chi connectivity index (χ3n) is 8.83. The first-order valence-corrected chi connectivity index (χ1v) is 15.2. The minimum atomic E-state index is 1.13. The van der Waals surface area contributed by atoms with Crippen molar-refractivity contribution in [1.82, 2.24) is 0 Å². The fourth-order valence-corrected chi connectivity index (χ4v) is 6.76. The smallest absolute Gasteiger partial charge is 0.0561 e. The van der Waals surface area contributed by atoms with E-state index in [0.717, 1.165) is 22.7 Å². The maximum absolute atomic E-state index is 2.44. The molecule has 8 aromatic carbocycles. The zero-order valence-corrected chi connectivity index (χ0v) is 24.9. The average Bonchev–Trinajstić information content (AvgIpc) is 3.07. The minimum Gasteiger partial charge on any atom is -0.310 e. The zero-order chi connectivity index (χ0) is 29.6. The van der Waals surface area contributed by atoms with E-state index in [4.69, 9.17) is 0 Å². The highest BCUT2D eigenvalue weighted by atomic mass is 15.2. The van der Waals surface area contributed by atoms with Gasteiger partial charge in [0, 0.05) is 38.9 Å². The predicted molar refractivity (Wildman–Crippen MR) is 189 cm³/mol. The molecular formula is C42H32N2. The fourth-order valence-electron chi connectivity index (χ4n) is 6.76. The van der Waals surface area contributed by atoms with Crippen molar-refractivity contribution in [3.8, 4) is 0 Å². The van der Waals surface area contributed by atoms with E-state index in [0.29, 0.717) is 0 Å². The molecule has 0 aliphatic rings. The number of aryl methyl sites for hydroxylation is 2. The van der Waals surface area contributed by atoms with Crippen LogP contribution in [0.5, 0.6) is 0 Å². The SMILES string of the molecule is Cc1ccccc1N(c1ccccc1)c1cc(N(c2ccccc2)c2ccccc2C)c2ccc3cccc4ccc1c2c43. The Morgan fingerprint density at radius 3 is 1.23 bits per heavy atom. The van der Waals surface area contributed by atoms with E-state index in [1.807, 2.05) is 0 Å². The second-order valence-electron chi connectivity index (χ2n) is 11.5. The molecule has 44 heavy (non-hydrogen) atoms. The molecule has 0 aromatic heterocycles. The Kier molecular flexibility index (Phi) is 6.27. The van der Waals surface area contributed by atoms with Gasteiger partial charge in [0.15, 0.2) is 0 Å². The summed E-state index contributed by atoms with van der Waals surface area (Å²) in [6.45, 7) is 4.40. The minimum absolute atomic E-state index is 1.13. The highest BCUT2D eigenvalue weighted by molar-refractivity contribution is 6.28. The van der Waals surface area contributed by atoms with Gasteiger partial charge in [0.1, 0.15) is 0 Å². The van der Waals surface area contributed by atoms with Crippen molar-refractivity contribution in [2.24, 2.45) is 0 Å². The lowest BCUT2D eigenvalue weighted by Gasteiger charge is -2.33. The van der Waals surface area contributed by atoms with Crippen molar-refractivity contribution in [2.45, 2.75) is 13.8 Å². The van der Waals surface area contributed by atoms with Crippen LogP contribution in [-0.4, -0.2) is 0 Å². The van der Waals surface area contributed by atoms with Crippen LogP contribution < -0.4 is 9.80 Å². The fraction of sp³-hybridized carbons (Fsp3) is 0.0476. The Bertz CT molecular complexity index is 2100. The number of benzene rings is 8. The van der Waals surface area contributed by atoms with Crippen molar-refractivity contribution in [2.75, 3.05) is 9.80 Å². The van der Waals surface area contributed by atoms with Crippen LogP contribution in [0.25, 0.3) is 32.3 Å². The van der Waals surface area contributed by atoms with Crippen molar-refractivity contribution in [3.63, 3.8) is 0 Å². The molecule has 8 aromatic rings. The Morgan fingerprint density at radius 2 is 0.773 bits per heavy atom. The second-order valence-corrected chi connectivity index (χ2v) is 11.5. The van der Waals surface area contributed by atoms with E-state index in [2.05, 4.69) is 181 Å². The molecule has 0 heterocycles. The summed E-state index contributed by atoms with van der Waals surface area (Å²) in [5, 5.41) is 7.58. The highest BCUT2D eigenvalue weighted by Gasteiger charge is 2.25. The third-order valence-corrected chi connectivity index (χ3v) is 8.83. The van der Waals surface area contributed by atoms with Crippen molar-refractivity contribution in [3.05, 3.63) is 169 Å². The van der Waals surface area contributed by atoms with Gasteiger partial charge in [0.2, 0.25) is 0 Å². The number of rotatable bonds is 6. The second kappa shape index (κ2) is 10.6. The van der Waals surface area contributed by atoms with Gasteiger partial charge in [-0.2, -0.15) is 0 Å². The topological polar surface area (TPSA) is 6.48 Å². The molecule has 8 rings (SSSR count). The van der Waals surface area contributed by atoms with E-state index in [-0.39, 0.29) is 0 Å². The van der Waals surface area contributed by atoms with E-state index < -0.39 is 0 Å². The number of nitrogens with zero attached hydrogens (tertiary/aromatic N) is 2. The monoisotopic (exact) mass is 564 g/mol. The molecule has 0 amide bonds. The van der Waals surface area contributed by atoms with Crippen LogP contribution in [0, 0.1) is 13.8 Å². The molecule has 0 spiro atoms. The molecule has 0 fully saturated rings. The molecule has 0 radical (unpaired) electrons. The van der Waals surface area contributed by atoms with Crippen molar-refractivity contribution >= 4 is 66.4 Å². The number of hydrogen-bond acceptors (Lipinski definition) is 2. The molecule has 0 unspecified atom stereocenters. The largest absolute Gasteiger partial charge is 0.310 e. The van der Waals surface area contributed by atoms with Crippen LogP contribution in [0.3, 0.4) is 0 Å². The first kappa shape index (κ1) is 26.1. The lowest BCUT2D eigenvalue weighted by Crippen LogP contribution is -2.15. The van der Waals surface area contributed by atoms with Gasteiger partial charge in [0.05, 0.1) is 11.4 Å². The quantitative estimate of drug-likeness (QED) is 0.185. The van der Waals surface area contributed by atoms with Gasteiger partial charge < -0.3 is 9.80 Å².